The van der Waals surface area contributed by atoms with Gasteiger partial charge in [-0.05, 0) is 34.1 Å². The molecule has 1 fully saturated rings. The van der Waals surface area contributed by atoms with Crippen LogP contribution in [0.3, 0.4) is 0 Å². The average Bonchev–Trinajstić information content (AvgIpc) is 2.01. The lowest BCUT2D eigenvalue weighted by Crippen LogP contribution is -2.59. The van der Waals surface area contributed by atoms with Crippen LogP contribution in [-0.4, -0.2) is 36.1 Å². The molecule has 0 aromatic heterocycles. The Morgan fingerprint density at radius 2 is 1.87 bits per heavy atom. The maximum atomic E-state index is 12.4. The largest absolute Gasteiger partial charge is 0.379 e. The first-order valence-electron chi connectivity index (χ1n) is 5.77. The second kappa shape index (κ2) is 4.12. The van der Waals surface area contributed by atoms with Gasteiger partial charge >= 0.3 is 0 Å². The van der Waals surface area contributed by atoms with E-state index in [1.54, 1.807) is 0 Å². The van der Waals surface area contributed by atoms with E-state index in [1.807, 2.05) is 11.8 Å². The van der Waals surface area contributed by atoms with Crippen molar-refractivity contribution in [2.24, 2.45) is 5.41 Å². The van der Waals surface area contributed by atoms with Gasteiger partial charge in [0.05, 0.1) is 18.6 Å². The van der Waals surface area contributed by atoms with Crippen LogP contribution in [0.15, 0.2) is 0 Å². The van der Waals surface area contributed by atoms with Crippen molar-refractivity contribution in [1.29, 1.82) is 0 Å². The summed E-state index contributed by atoms with van der Waals surface area (Å²) in [6.07, 6.45) is 0.873. The molecule has 0 unspecified atom stereocenters. The van der Waals surface area contributed by atoms with Crippen LogP contribution in [0, 0.1) is 5.41 Å². The number of carbonyl (C=O) groups excluding carboxylic acids is 1. The highest BCUT2D eigenvalue weighted by Gasteiger charge is 2.47. The topological polar surface area (TPSA) is 29.5 Å². The molecule has 3 nitrogen and oxygen atoms in total. The fraction of sp³-hybridized carbons (Fsp3) is 0.917. The first kappa shape index (κ1) is 12.5. The Kier molecular flexibility index (Phi) is 3.44. The van der Waals surface area contributed by atoms with Gasteiger partial charge in [0, 0.05) is 12.1 Å². The molecule has 0 spiro atoms. The standard InChI is InChI=1S/C12H23NO2/c1-6-12(8-15-9-12)10(14)13(7-2)11(3,4)5/h6-9H2,1-5H3. The van der Waals surface area contributed by atoms with Crippen LogP contribution in [0.25, 0.3) is 0 Å². The summed E-state index contributed by atoms with van der Waals surface area (Å²) in [6.45, 7) is 12.3. The van der Waals surface area contributed by atoms with E-state index in [0.717, 1.165) is 13.0 Å². The number of carbonyl (C=O) groups is 1. The van der Waals surface area contributed by atoms with Crippen LogP contribution in [-0.2, 0) is 9.53 Å². The predicted molar refractivity (Wildman–Crippen MR) is 60.7 cm³/mol. The second-order valence-corrected chi connectivity index (χ2v) is 5.35. The van der Waals surface area contributed by atoms with Gasteiger partial charge in [0.1, 0.15) is 0 Å². The number of amides is 1. The predicted octanol–water partition coefficient (Wildman–Crippen LogP) is 2.06. The SMILES string of the molecule is CCN(C(=O)C1(CC)COC1)C(C)(C)C. The monoisotopic (exact) mass is 213 g/mol. The molecular weight excluding hydrogens is 190 g/mol. The van der Waals surface area contributed by atoms with Gasteiger partial charge in [-0.15, -0.1) is 0 Å². The highest BCUT2D eigenvalue weighted by Crippen LogP contribution is 2.35. The Labute approximate surface area is 92.8 Å². The Morgan fingerprint density at radius 3 is 2.07 bits per heavy atom. The van der Waals surface area contributed by atoms with Crippen molar-refractivity contribution in [3.8, 4) is 0 Å². The fourth-order valence-corrected chi connectivity index (χ4v) is 2.04. The van der Waals surface area contributed by atoms with Crippen LogP contribution in [0.4, 0.5) is 0 Å². The molecule has 1 rings (SSSR count). The minimum atomic E-state index is -0.233. The van der Waals surface area contributed by atoms with Crippen molar-refractivity contribution in [1.82, 2.24) is 4.90 Å². The normalized spacial score (nSPS) is 19.5. The molecule has 0 N–H and O–H groups in total. The molecule has 0 bridgehead atoms. The van der Waals surface area contributed by atoms with Gasteiger partial charge in [0.2, 0.25) is 5.91 Å². The summed E-state index contributed by atoms with van der Waals surface area (Å²) in [7, 11) is 0. The van der Waals surface area contributed by atoms with Crippen molar-refractivity contribution in [2.45, 2.75) is 46.6 Å². The highest BCUT2D eigenvalue weighted by molar-refractivity contribution is 5.84. The lowest BCUT2D eigenvalue weighted by molar-refractivity contribution is -0.177. The van der Waals surface area contributed by atoms with E-state index in [1.165, 1.54) is 0 Å². The fourth-order valence-electron chi connectivity index (χ4n) is 2.04. The number of rotatable bonds is 3. The van der Waals surface area contributed by atoms with Crippen LogP contribution < -0.4 is 0 Å². The minimum Gasteiger partial charge on any atom is -0.379 e. The van der Waals surface area contributed by atoms with Gasteiger partial charge in [-0.2, -0.15) is 0 Å². The maximum absolute atomic E-state index is 12.4. The number of hydrogen-bond donors (Lipinski definition) is 0. The molecule has 88 valence electrons. The van der Waals surface area contributed by atoms with E-state index < -0.39 is 0 Å². The zero-order valence-corrected chi connectivity index (χ0v) is 10.6. The van der Waals surface area contributed by atoms with Crippen molar-refractivity contribution < 1.29 is 9.53 Å². The van der Waals surface area contributed by atoms with Crippen LogP contribution in [0.1, 0.15) is 41.0 Å². The first-order valence-corrected chi connectivity index (χ1v) is 5.77. The van der Waals surface area contributed by atoms with Crippen molar-refractivity contribution in [3.05, 3.63) is 0 Å². The Bertz CT molecular complexity index is 233. The summed E-state index contributed by atoms with van der Waals surface area (Å²) in [5.41, 5.74) is -0.327. The van der Waals surface area contributed by atoms with Crippen molar-refractivity contribution >= 4 is 5.91 Å². The molecular formula is C12H23NO2. The summed E-state index contributed by atoms with van der Waals surface area (Å²) in [6, 6.07) is 0. The van der Waals surface area contributed by atoms with Crippen molar-refractivity contribution in [3.63, 3.8) is 0 Å². The highest BCUT2D eigenvalue weighted by atomic mass is 16.5. The molecule has 0 radical (unpaired) electrons. The summed E-state index contributed by atoms with van der Waals surface area (Å²) in [4.78, 5) is 14.4. The molecule has 1 saturated heterocycles. The summed E-state index contributed by atoms with van der Waals surface area (Å²) in [5, 5.41) is 0. The van der Waals surface area contributed by atoms with E-state index in [2.05, 4.69) is 27.7 Å². The van der Waals surface area contributed by atoms with Crippen LogP contribution in [0.5, 0.6) is 0 Å². The smallest absolute Gasteiger partial charge is 0.233 e. The molecule has 15 heavy (non-hydrogen) atoms. The molecule has 0 aromatic carbocycles. The zero-order chi connectivity index (χ0) is 11.7. The van der Waals surface area contributed by atoms with E-state index in [0.29, 0.717) is 13.2 Å². The third kappa shape index (κ3) is 2.17. The lowest BCUT2D eigenvalue weighted by Gasteiger charge is -2.46. The first-order chi connectivity index (χ1) is 6.87. The third-order valence-corrected chi connectivity index (χ3v) is 3.26. The second-order valence-electron chi connectivity index (χ2n) is 5.35. The molecule has 0 atom stereocenters. The molecule has 0 aromatic rings. The number of hydrogen-bond acceptors (Lipinski definition) is 2. The van der Waals surface area contributed by atoms with Gasteiger partial charge < -0.3 is 9.64 Å². The van der Waals surface area contributed by atoms with Crippen LogP contribution in [0.2, 0.25) is 0 Å². The van der Waals surface area contributed by atoms with Gasteiger partial charge in [-0.1, -0.05) is 6.92 Å². The van der Waals surface area contributed by atoms with Gasteiger partial charge in [-0.3, -0.25) is 4.79 Å². The molecule has 1 aliphatic rings. The average molecular weight is 213 g/mol. The Balaban J connectivity index is 2.81. The molecule has 1 heterocycles. The maximum Gasteiger partial charge on any atom is 0.233 e. The van der Waals surface area contributed by atoms with E-state index in [4.69, 9.17) is 4.74 Å². The van der Waals surface area contributed by atoms with Gasteiger partial charge in [-0.25, -0.2) is 0 Å². The third-order valence-electron chi connectivity index (χ3n) is 3.26. The summed E-state index contributed by atoms with van der Waals surface area (Å²) in [5.74, 6) is 0.256. The van der Waals surface area contributed by atoms with Gasteiger partial charge in [0.15, 0.2) is 0 Å². The van der Waals surface area contributed by atoms with Gasteiger partial charge in [0.25, 0.3) is 0 Å². The number of nitrogens with zero attached hydrogens (tertiary/aromatic N) is 1. The molecule has 1 amide bonds. The molecule has 0 aliphatic carbocycles. The lowest BCUT2D eigenvalue weighted by atomic mass is 9.80. The van der Waals surface area contributed by atoms with E-state index in [9.17, 15) is 4.79 Å². The Hall–Kier alpha value is -0.570. The molecule has 3 heteroatoms. The summed E-state index contributed by atoms with van der Waals surface area (Å²) >= 11 is 0. The molecule has 1 aliphatic heterocycles. The van der Waals surface area contributed by atoms with E-state index in [-0.39, 0.29) is 16.9 Å². The Morgan fingerprint density at radius 1 is 1.33 bits per heavy atom. The van der Waals surface area contributed by atoms with Crippen LogP contribution >= 0.6 is 0 Å². The van der Waals surface area contributed by atoms with E-state index >= 15 is 0 Å². The zero-order valence-electron chi connectivity index (χ0n) is 10.6. The minimum absolute atomic E-state index is 0.0937. The van der Waals surface area contributed by atoms with Crippen molar-refractivity contribution in [2.75, 3.05) is 19.8 Å². The quantitative estimate of drug-likeness (QED) is 0.718. The molecule has 0 saturated carbocycles. The summed E-state index contributed by atoms with van der Waals surface area (Å²) < 4.78 is 5.21. The number of ether oxygens (including phenoxy) is 1.